The topological polar surface area (TPSA) is 52.3 Å². The molecule has 4 nitrogen and oxygen atoms in total. The Bertz CT molecular complexity index is 799. The number of hydrogen-bond acceptors (Lipinski definition) is 4. The molecule has 0 amide bonds. The van der Waals surface area contributed by atoms with Crippen molar-refractivity contribution in [2.75, 3.05) is 0 Å². The number of ether oxygens (including phenoxy) is 1. The van der Waals surface area contributed by atoms with E-state index in [0.717, 1.165) is 3.57 Å². The number of rotatable bonds is 3. The predicted octanol–water partition coefficient (Wildman–Crippen LogP) is 3.37. The van der Waals surface area contributed by atoms with E-state index in [0.29, 0.717) is 16.7 Å². The quantitative estimate of drug-likeness (QED) is 0.655. The first-order valence-corrected chi connectivity index (χ1v) is 7.07. The van der Waals surface area contributed by atoms with Gasteiger partial charge in [0, 0.05) is 3.57 Å². The lowest BCUT2D eigenvalue weighted by atomic mass is 10.2. The van der Waals surface area contributed by atoms with Crippen molar-refractivity contribution in [2.24, 2.45) is 0 Å². The van der Waals surface area contributed by atoms with Crippen LogP contribution in [0.3, 0.4) is 0 Å². The first-order chi connectivity index (χ1) is 9.72. The molecular formula is C15H10INO3. The monoisotopic (exact) mass is 379 g/mol. The molecule has 0 atom stereocenters. The third kappa shape index (κ3) is 2.82. The summed E-state index contributed by atoms with van der Waals surface area (Å²) >= 11 is 2.14. The zero-order valence-corrected chi connectivity index (χ0v) is 12.5. The summed E-state index contributed by atoms with van der Waals surface area (Å²) in [7, 11) is 0. The SMILES string of the molecule is O=c1oc(COc2ccccc2)nc2ccc(I)cc12. The first kappa shape index (κ1) is 13.1. The van der Waals surface area contributed by atoms with Crippen LogP contribution in [0.4, 0.5) is 0 Å². The summed E-state index contributed by atoms with van der Waals surface area (Å²) in [6.45, 7) is 0.126. The maximum atomic E-state index is 11.9. The van der Waals surface area contributed by atoms with Crippen molar-refractivity contribution in [1.29, 1.82) is 0 Å². The van der Waals surface area contributed by atoms with Crippen molar-refractivity contribution in [3.63, 3.8) is 0 Å². The van der Waals surface area contributed by atoms with Gasteiger partial charge < -0.3 is 9.15 Å². The fourth-order valence-electron chi connectivity index (χ4n) is 1.81. The number of para-hydroxylation sites is 1. The molecule has 0 spiro atoms. The Morgan fingerprint density at radius 2 is 1.95 bits per heavy atom. The van der Waals surface area contributed by atoms with Crippen molar-refractivity contribution >= 4 is 33.5 Å². The molecule has 0 radical (unpaired) electrons. The van der Waals surface area contributed by atoms with E-state index in [1.54, 1.807) is 12.1 Å². The molecule has 0 aliphatic rings. The third-order valence-corrected chi connectivity index (χ3v) is 3.41. The number of benzene rings is 2. The highest BCUT2D eigenvalue weighted by atomic mass is 127. The van der Waals surface area contributed by atoms with Crippen LogP contribution in [0, 0.1) is 3.57 Å². The zero-order chi connectivity index (χ0) is 13.9. The summed E-state index contributed by atoms with van der Waals surface area (Å²) in [5.41, 5.74) is 0.230. The van der Waals surface area contributed by atoms with Gasteiger partial charge in [-0.1, -0.05) is 18.2 Å². The van der Waals surface area contributed by atoms with Crippen LogP contribution in [0.2, 0.25) is 0 Å². The Morgan fingerprint density at radius 3 is 2.75 bits per heavy atom. The summed E-state index contributed by atoms with van der Waals surface area (Å²) in [6.07, 6.45) is 0. The smallest absolute Gasteiger partial charge is 0.346 e. The van der Waals surface area contributed by atoms with Gasteiger partial charge in [0.15, 0.2) is 6.61 Å². The van der Waals surface area contributed by atoms with Gasteiger partial charge >= 0.3 is 5.63 Å². The van der Waals surface area contributed by atoms with E-state index < -0.39 is 0 Å². The molecule has 3 rings (SSSR count). The number of halogens is 1. The fraction of sp³-hybridized carbons (Fsp3) is 0.0667. The van der Waals surface area contributed by atoms with Crippen molar-refractivity contribution in [3.8, 4) is 5.75 Å². The molecule has 100 valence electrons. The summed E-state index contributed by atoms with van der Waals surface area (Å²) in [5, 5.41) is 0.486. The molecule has 5 heteroatoms. The van der Waals surface area contributed by atoms with Gasteiger partial charge in [-0.05, 0) is 52.9 Å². The van der Waals surface area contributed by atoms with Crippen molar-refractivity contribution in [1.82, 2.24) is 4.98 Å². The van der Waals surface area contributed by atoms with Gasteiger partial charge in [-0.3, -0.25) is 0 Å². The molecule has 0 fully saturated rings. The standard InChI is InChI=1S/C15H10INO3/c16-10-6-7-13-12(8-10)15(18)20-14(17-13)9-19-11-4-2-1-3-5-11/h1-8H,9H2. The van der Waals surface area contributed by atoms with Gasteiger partial charge in [0.25, 0.3) is 0 Å². The number of fused-ring (bicyclic) bond motifs is 1. The predicted molar refractivity (Wildman–Crippen MR) is 83.8 cm³/mol. The minimum Gasteiger partial charge on any atom is -0.484 e. The molecule has 0 saturated carbocycles. The largest absolute Gasteiger partial charge is 0.484 e. The lowest BCUT2D eigenvalue weighted by Gasteiger charge is -2.05. The van der Waals surface area contributed by atoms with E-state index in [2.05, 4.69) is 27.6 Å². The van der Waals surface area contributed by atoms with Crippen LogP contribution in [0.5, 0.6) is 5.75 Å². The Balaban J connectivity index is 1.89. The molecule has 0 saturated heterocycles. The van der Waals surface area contributed by atoms with Gasteiger partial charge in [0.1, 0.15) is 5.75 Å². The van der Waals surface area contributed by atoms with Crippen molar-refractivity contribution < 1.29 is 9.15 Å². The molecule has 20 heavy (non-hydrogen) atoms. The average Bonchev–Trinajstić information content (AvgIpc) is 2.47. The van der Waals surface area contributed by atoms with Crippen LogP contribution in [0.1, 0.15) is 5.89 Å². The van der Waals surface area contributed by atoms with Gasteiger partial charge in [0.05, 0.1) is 10.9 Å². The Hall–Kier alpha value is -1.89. The maximum absolute atomic E-state index is 11.9. The van der Waals surface area contributed by atoms with Crippen LogP contribution in [0.15, 0.2) is 57.7 Å². The van der Waals surface area contributed by atoms with Gasteiger partial charge in [-0.15, -0.1) is 0 Å². The van der Waals surface area contributed by atoms with Crippen LogP contribution in [-0.4, -0.2) is 4.98 Å². The van der Waals surface area contributed by atoms with Gasteiger partial charge in [-0.25, -0.2) is 9.78 Å². The number of nitrogens with zero attached hydrogens (tertiary/aromatic N) is 1. The van der Waals surface area contributed by atoms with E-state index in [4.69, 9.17) is 9.15 Å². The minimum absolute atomic E-state index is 0.126. The second-order valence-electron chi connectivity index (χ2n) is 4.16. The average molecular weight is 379 g/mol. The highest BCUT2D eigenvalue weighted by Gasteiger charge is 2.07. The molecular weight excluding hydrogens is 369 g/mol. The molecule has 0 bridgehead atoms. The summed E-state index contributed by atoms with van der Waals surface area (Å²) in [5.74, 6) is 0.979. The highest BCUT2D eigenvalue weighted by molar-refractivity contribution is 14.1. The lowest BCUT2D eigenvalue weighted by molar-refractivity contribution is 0.253. The number of aromatic nitrogens is 1. The van der Waals surface area contributed by atoms with Crippen LogP contribution in [-0.2, 0) is 6.61 Å². The van der Waals surface area contributed by atoms with Crippen molar-refractivity contribution in [3.05, 3.63) is 68.4 Å². The molecule has 3 aromatic rings. The molecule has 1 aromatic heterocycles. The van der Waals surface area contributed by atoms with E-state index in [1.165, 1.54) is 0 Å². The normalized spacial score (nSPS) is 10.7. The van der Waals surface area contributed by atoms with Crippen LogP contribution >= 0.6 is 22.6 Å². The fourth-order valence-corrected chi connectivity index (χ4v) is 2.30. The second kappa shape index (κ2) is 5.62. The maximum Gasteiger partial charge on any atom is 0.346 e. The Labute approximate surface area is 128 Å². The lowest BCUT2D eigenvalue weighted by Crippen LogP contribution is -2.07. The molecule has 2 aromatic carbocycles. The molecule has 0 unspecified atom stereocenters. The van der Waals surface area contributed by atoms with E-state index in [1.807, 2.05) is 36.4 Å². The summed E-state index contributed by atoms with van der Waals surface area (Å²) < 4.78 is 11.7. The van der Waals surface area contributed by atoms with Crippen LogP contribution in [0.25, 0.3) is 10.9 Å². The highest BCUT2D eigenvalue weighted by Crippen LogP contribution is 2.14. The molecule has 0 aliphatic carbocycles. The van der Waals surface area contributed by atoms with E-state index in [9.17, 15) is 4.79 Å². The molecule has 1 heterocycles. The van der Waals surface area contributed by atoms with Crippen molar-refractivity contribution in [2.45, 2.75) is 6.61 Å². The summed E-state index contributed by atoms with van der Waals surface area (Å²) in [6, 6.07) is 14.8. The van der Waals surface area contributed by atoms with Crippen LogP contribution < -0.4 is 10.4 Å². The Kier molecular flexibility index (Phi) is 3.68. The minimum atomic E-state index is -0.389. The second-order valence-corrected chi connectivity index (χ2v) is 5.40. The zero-order valence-electron chi connectivity index (χ0n) is 10.4. The van der Waals surface area contributed by atoms with Gasteiger partial charge in [-0.2, -0.15) is 0 Å². The number of hydrogen-bond donors (Lipinski definition) is 0. The van der Waals surface area contributed by atoms with E-state index in [-0.39, 0.29) is 18.1 Å². The molecule has 0 N–H and O–H groups in total. The van der Waals surface area contributed by atoms with Gasteiger partial charge in [0.2, 0.25) is 5.89 Å². The summed E-state index contributed by atoms with van der Waals surface area (Å²) in [4.78, 5) is 16.2. The first-order valence-electron chi connectivity index (χ1n) is 5.99. The Morgan fingerprint density at radius 1 is 1.15 bits per heavy atom. The molecule has 0 aliphatic heterocycles. The third-order valence-electron chi connectivity index (χ3n) is 2.74. The van der Waals surface area contributed by atoms with E-state index >= 15 is 0 Å².